The molecular weight excluding hydrogens is 166 g/mol. The number of nitrogens with zero attached hydrogens (tertiary/aromatic N) is 4. The maximum absolute atomic E-state index is 5.59. The highest BCUT2D eigenvalue weighted by molar-refractivity contribution is 5.30. The predicted octanol–water partition coefficient (Wildman–Crippen LogP) is 0.138. The Morgan fingerprint density at radius 3 is 2.62 bits per heavy atom. The summed E-state index contributed by atoms with van der Waals surface area (Å²) in [4.78, 5) is 1.98. The highest BCUT2D eigenvalue weighted by Gasteiger charge is 2.29. The van der Waals surface area contributed by atoms with Gasteiger partial charge in [0.2, 0.25) is 5.95 Å². The molecule has 1 aromatic rings. The Labute approximate surface area is 77.5 Å². The minimum absolute atomic E-state index is 0.470. The van der Waals surface area contributed by atoms with Crippen molar-refractivity contribution in [3.05, 3.63) is 5.82 Å². The maximum Gasteiger partial charge on any atom is 0.227 e. The summed E-state index contributed by atoms with van der Waals surface area (Å²) in [5.41, 5.74) is 5.59. The predicted molar refractivity (Wildman–Crippen MR) is 50.5 cm³/mol. The molecule has 1 fully saturated rings. The van der Waals surface area contributed by atoms with E-state index in [9.17, 15) is 0 Å². The average Bonchev–Trinajstić information content (AvgIpc) is 2.84. The summed E-state index contributed by atoms with van der Waals surface area (Å²) in [6, 6.07) is 0.589. The summed E-state index contributed by atoms with van der Waals surface area (Å²) in [6.07, 6.45) is 2.46. The third kappa shape index (κ3) is 1.39. The molecule has 5 heteroatoms. The van der Waals surface area contributed by atoms with Crippen LogP contribution in [0.2, 0.25) is 0 Å². The summed E-state index contributed by atoms with van der Waals surface area (Å²) in [6.45, 7) is 0.470. The Hall–Kier alpha value is -1.10. The number of aromatic nitrogens is 3. The van der Waals surface area contributed by atoms with Gasteiger partial charge in [0.05, 0.1) is 6.54 Å². The van der Waals surface area contributed by atoms with E-state index in [1.54, 1.807) is 0 Å². The second-order valence-corrected chi connectivity index (χ2v) is 3.62. The van der Waals surface area contributed by atoms with E-state index in [0.29, 0.717) is 12.6 Å². The van der Waals surface area contributed by atoms with Gasteiger partial charge in [-0.1, -0.05) is 0 Å². The molecule has 2 N–H and O–H groups in total. The molecule has 13 heavy (non-hydrogen) atoms. The van der Waals surface area contributed by atoms with E-state index >= 15 is 0 Å². The summed E-state index contributed by atoms with van der Waals surface area (Å²) < 4.78 is 2.15. The number of nitrogens with two attached hydrogens (primary N) is 1. The molecule has 0 amide bonds. The number of anilines is 1. The number of hydrogen-bond donors (Lipinski definition) is 1. The molecular formula is C8H15N5. The lowest BCUT2D eigenvalue weighted by Gasteiger charge is -2.13. The minimum atomic E-state index is 0.470. The van der Waals surface area contributed by atoms with Crippen molar-refractivity contribution in [2.45, 2.75) is 25.4 Å². The molecule has 2 rings (SSSR count). The lowest BCUT2D eigenvalue weighted by atomic mass is 10.5. The topological polar surface area (TPSA) is 60.0 Å². The summed E-state index contributed by atoms with van der Waals surface area (Å²) in [7, 11) is 3.95. The van der Waals surface area contributed by atoms with Crippen LogP contribution in [0, 0.1) is 0 Å². The smallest absolute Gasteiger partial charge is 0.227 e. The maximum atomic E-state index is 5.59. The minimum Gasteiger partial charge on any atom is -0.347 e. The Morgan fingerprint density at radius 1 is 1.46 bits per heavy atom. The van der Waals surface area contributed by atoms with E-state index in [1.807, 2.05) is 19.0 Å². The zero-order valence-corrected chi connectivity index (χ0v) is 8.06. The van der Waals surface area contributed by atoms with Gasteiger partial charge in [0, 0.05) is 20.1 Å². The average molecular weight is 181 g/mol. The molecule has 0 aliphatic heterocycles. The lowest BCUT2D eigenvalue weighted by Crippen LogP contribution is -2.17. The van der Waals surface area contributed by atoms with Crippen molar-refractivity contribution >= 4 is 5.95 Å². The van der Waals surface area contributed by atoms with Crippen LogP contribution in [-0.2, 0) is 6.54 Å². The Bertz CT molecular complexity index is 299. The zero-order chi connectivity index (χ0) is 9.42. The molecule has 0 atom stereocenters. The first-order valence-corrected chi connectivity index (χ1v) is 4.55. The molecule has 5 nitrogen and oxygen atoms in total. The van der Waals surface area contributed by atoms with Crippen molar-refractivity contribution in [2.24, 2.45) is 5.73 Å². The van der Waals surface area contributed by atoms with E-state index in [1.165, 1.54) is 12.8 Å². The quantitative estimate of drug-likeness (QED) is 0.720. The van der Waals surface area contributed by atoms with Crippen LogP contribution >= 0.6 is 0 Å². The van der Waals surface area contributed by atoms with E-state index in [2.05, 4.69) is 14.8 Å². The molecule has 0 spiro atoms. The van der Waals surface area contributed by atoms with Crippen LogP contribution in [0.25, 0.3) is 0 Å². The molecule has 1 aromatic heterocycles. The molecule has 1 aliphatic rings. The van der Waals surface area contributed by atoms with Crippen molar-refractivity contribution < 1.29 is 0 Å². The lowest BCUT2D eigenvalue weighted by molar-refractivity contribution is 0.676. The number of rotatable bonds is 3. The van der Waals surface area contributed by atoms with Crippen LogP contribution in [0.3, 0.4) is 0 Å². The van der Waals surface area contributed by atoms with Crippen LogP contribution < -0.4 is 10.6 Å². The first kappa shape index (κ1) is 8.50. The van der Waals surface area contributed by atoms with Crippen molar-refractivity contribution in [3.8, 4) is 0 Å². The molecule has 1 aliphatic carbocycles. The van der Waals surface area contributed by atoms with Crippen LogP contribution in [0.15, 0.2) is 0 Å². The zero-order valence-electron chi connectivity index (χ0n) is 8.06. The monoisotopic (exact) mass is 181 g/mol. The Morgan fingerprint density at radius 2 is 2.15 bits per heavy atom. The van der Waals surface area contributed by atoms with Crippen LogP contribution in [-0.4, -0.2) is 28.9 Å². The molecule has 0 radical (unpaired) electrons. The van der Waals surface area contributed by atoms with Crippen molar-refractivity contribution in [1.29, 1.82) is 0 Å². The normalized spacial score (nSPS) is 16.2. The van der Waals surface area contributed by atoms with Gasteiger partial charge in [-0.3, -0.25) is 4.57 Å². The standard InChI is InChI=1S/C8H15N5/c1-12(2)8-11-10-7(5-9)13(8)6-3-4-6/h6H,3-5,9H2,1-2H3. The van der Waals surface area contributed by atoms with Gasteiger partial charge in [-0.05, 0) is 12.8 Å². The summed E-state index contributed by atoms with van der Waals surface area (Å²) in [5, 5.41) is 8.17. The van der Waals surface area contributed by atoms with Crippen molar-refractivity contribution in [3.63, 3.8) is 0 Å². The van der Waals surface area contributed by atoms with E-state index in [4.69, 9.17) is 5.73 Å². The van der Waals surface area contributed by atoms with Gasteiger partial charge in [-0.25, -0.2) is 0 Å². The van der Waals surface area contributed by atoms with Gasteiger partial charge in [-0.15, -0.1) is 10.2 Å². The molecule has 0 unspecified atom stereocenters. The van der Waals surface area contributed by atoms with Gasteiger partial charge in [-0.2, -0.15) is 0 Å². The van der Waals surface area contributed by atoms with Crippen molar-refractivity contribution in [1.82, 2.24) is 14.8 Å². The summed E-state index contributed by atoms with van der Waals surface area (Å²) >= 11 is 0. The number of hydrogen-bond acceptors (Lipinski definition) is 4. The largest absolute Gasteiger partial charge is 0.347 e. The first-order chi connectivity index (χ1) is 6.24. The van der Waals surface area contributed by atoms with Gasteiger partial charge < -0.3 is 10.6 Å². The third-order valence-corrected chi connectivity index (χ3v) is 2.24. The van der Waals surface area contributed by atoms with Gasteiger partial charge in [0.15, 0.2) is 0 Å². The van der Waals surface area contributed by atoms with E-state index in [-0.39, 0.29) is 0 Å². The van der Waals surface area contributed by atoms with Crippen LogP contribution in [0.1, 0.15) is 24.7 Å². The van der Waals surface area contributed by atoms with E-state index < -0.39 is 0 Å². The van der Waals surface area contributed by atoms with E-state index in [0.717, 1.165) is 11.8 Å². The highest BCUT2D eigenvalue weighted by Crippen LogP contribution is 2.38. The fourth-order valence-electron chi connectivity index (χ4n) is 1.47. The highest BCUT2D eigenvalue weighted by atomic mass is 15.4. The molecule has 1 heterocycles. The second kappa shape index (κ2) is 2.99. The molecule has 0 aromatic carbocycles. The van der Waals surface area contributed by atoms with Crippen molar-refractivity contribution in [2.75, 3.05) is 19.0 Å². The van der Waals surface area contributed by atoms with Crippen LogP contribution in [0.4, 0.5) is 5.95 Å². The third-order valence-electron chi connectivity index (χ3n) is 2.24. The molecule has 1 saturated carbocycles. The van der Waals surface area contributed by atoms with Crippen LogP contribution in [0.5, 0.6) is 0 Å². The molecule has 72 valence electrons. The van der Waals surface area contributed by atoms with Gasteiger partial charge in [0.25, 0.3) is 0 Å². The fraction of sp³-hybridized carbons (Fsp3) is 0.750. The SMILES string of the molecule is CN(C)c1nnc(CN)n1C1CC1. The first-order valence-electron chi connectivity index (χ1n) is 4.55. The Kier molecular flexibility index (Phi) is 1.95. The summed E-state index contributed by atoms with van der Waals surface area (Å²) in [5.74, 6) is 1.81. The molecule has 0 bridgehead atoms. The molecule has 0 saturated heterocycles. The fourth-order valence-corrected chi connectivity index (χ4v) is 1.47. The second-order valence-electron chi connectivity index (χ2n) is 3.62. The van der Waals surface area contributed by atoms with Gasteiger partial charge >= 0.3 is 0 Å². The van der Waals surface area contributed by atoms with Gasteiger partial charge in [0.1, 0.15) is 5.82 Å². The Balaban J connectivity index is 2.38.